The molecule has 1 atom stereocenters. The van der Waals surface area contributed by atoms with Gasteiger partial charge >= 0.3 is 0 Å². The second-order valence-corrected chi connectivity index (χ2v) is 6.11. The van der Waals surface area contributed by atoms with E-state index in [0.717, 1.165) is 69.7 Å². The van der Waals surface area contributed by atoms with Gasteiger partial charge < -0.3 is 24.5 Å². The molecule has 2 heterocycles. The molecular weight excluding hydrogens is 306 g/mol. The molecule has 136 valence electrons. The fourth-order valence-corrected chi connectivity index (χ4v) is 2.63. The van der Waals surface area contributed by atoms with Crippen LogP contribution in [0.3, 0.4) is 0 Å². The highest BCUT2D eigenvalue weighted by molar-refractivity contribution is 5.80. The summed E-state index contributed by atoms with van der Waals surface area (Å²) in [7, 11) is 0. The first kappa shape index (κ1) is 18.8. The number of aryl methyl sites for hydroxylation is 1. The van der Waals surface area contributed by atoms with E-state index >= 15 is 0 Å². The van der Waals surface area contributed by atoms with Gasteiger partial charge in [0.15, 0.2) is 5.96 Å². The van der Waals surface area contributed by atoms with E-state index in [9.17, 15) is 0 Å². The molecule has 24 heavy (non-hydrogen) atoms. The first-order valence-electron chi connectivity index (χ1n) is 8.99. The summed E-state index contributed by atoms with van der Waals surface area (Å²) in [5.74, 6) is 2.65. The molecule has 1 saturated heterocycles. The van der Waals surface area contributed by atoms with Crippen LogP contribution < -0.4 is 10.6 Å². The van der Waals surface area contributed by atoms with E-state index in [4.69, 9.17) is 13.9 Å². The molecular formula is C18H31N3O3. The Bertz CT molecular complexity index is 495. The molecule has 1 fully saturated rings. The quantitative estimate of drug-likeness (QED) is 0.434. The highest BCUT2D eigenvalue weighted by Crippen LogP contribution is 2.15. The van der Waals surface area contributed by atoms with Gasteiger partial charge in [-0.15, -0.1) is 0 Å². The number of guanidine groups is 1. The molecule has 1 aliphatic rings. The van der Waals surface area contributed by atoms with E-state index in [-0.39, 0.29) is 6.04 Å². The molecule has 0 saturated carbocycles. The second-order valence-electron chi connectivity index (χ2n) is 6.11. The van der Waals surface area contributed by atoms with E-state index in [0.29, 0.717) is 6.10 Å². The van der Waals surface area contributed by atoms with Gasteiger partial charge in [-0.1, -0.05) is 0 Å². The minimum atomic E-state index is 0.0787. The summed E-state index contributed by atoms with van der Waals surface area (Å²) < 4.78 is 16.9. The molecule has 1 aromatic rings. The predicted molar refractivity (Wildman–Crippen MR) is 95.4 cm³/mol. The Hall–Kier alpha value is -1.53. The second kappa shape index (κ2) is 10.4. The van der Waals surface area contributed by atoms with Gasteiger partial charge in [-0.2, -0.15) is 0 Å². The van der Waals surface area contributed by atoms with Crippen LogP contribution in [0.15, 0.2) is 21.5 Å². The van der Waals surface area contributed by atoms with Crippen LogP contribution in [0.1, 0.15) is 50.7 Å². The van der Waals surface area contributed by atoms with E-state index in [1.807, 2.05) is 19.1 Å². The third-order valence-corrected chi connectivity index (χ3v) is 3.98. The maximum Gasteiger partial charge on any atom is 0.191 e. The predicted octanol–water partition coefficient (Wildman–Crippen LogP) is 2.79. The molecule has 1 aromatic heterocycles. The molecule has 6 nitrogen and oxygen atoms in total. The van der Waals surface area contributed by atoms with E-state index in [2.05, 4.69) is 29.5 Å². The normalized spacial score (nSPS) is 17.7. The monoisotopic (exact) mass is 337 g/mol. The Morgan fingerprint density at radius 3 is 2.83 bits per heavy atom. The molecule has 1 unspecified atom stereocenters. The van der Waals surface area contributed by atoms with Crippen LogP contribution in [0.4, 0.5) is 0 Å². The Morgan fingerprint density at radius 2 is 2.17 bits per heavy atom. The summed E-state index contributed by atoms with van der Waals surface area (Å²) in [5, 5.41) is 6.65. The Labute approximate surface area is 145 Å². The van der Waals surface area contributed by atoms with Gasteiger partial charge in [0, 0.05) is 32.9 Å². The molecule has 0 spiro atoms. The molecule has 0 aromatic carbocycles. The first-order chi connectivity index (χ1) is 11.7. The summed E-state index contributed by atoms with van der Waals surface area (Å²) in [6, 6.07) is 4.05. The van der Waals surface area contributed by atoms with Gasteiger partial charge in [-0.25, -0.2) is 0 Å². The van der Waals surface area contributed by atoms with Gasteiger partial charge in [0.25, 0.3) is 0 Å². The number of ether oxygens (including phenoxy) is 2. The summed E-state index contributed by atoms with van der Waals surface area (Å²) in [4.78, 5) is 4.62. The smallest absolute Gasteiger partial charge is 0.191 e. The highest BCUT2D eigenvalue weighted by Gasteiger charge is 2.13. The van der Waals surface area contributed by atoms with Gasteiger partial charge in [0.1, 0.15) is 11.5 Å². The van der Waals surface area contributed by atoms with Crippen molar-refractivity contribution in [2.24, 2.45) is 4.99 Å². The van der Waals surface area contributed by atoms with Crippen LogP contribution in [0.2, 0.25) is 0 Å². The van der Waals surface area contributed by atoms with Crippen LogP contribution >= 0.6 is 0 Å². The van der Waals surface area contributed by atoms with E-state index in [1.165, 1.54) is 0 Å². The number of furan rings is 1. The maximum absolute atomic E-state index is 5.87. The van der Waals surface area contributed by atoms with Crippen LogP contribution in [-0.4, -0.2) is 45.0 Å². The number of hydrogen-bond acceptors (Lipinski definition) is 4. The van der Waals surface area contributed by atoms with Crippen molar-refractivity contribution in [3.63, 3.8) is 0 Å². The van der Waals surface area contributed by atoms with Crippen molar-refractivity contribution in [2.75, 3.05) is 32.9 Å². The van der Waals surface area contributed by atoms with Crippen molar-refractivity contribution in [1.29, 1.82) is 0 Å². The van der Waals surface area contributed by atoms with Gasteiger partial charge in [-0.05, 0) is 52.2 Å². The lowest BCUT2D eigenvalue weighted by atomic mass is 10.1. The van der Waals surface area contributed by atoms with Crippen molar-refractivity contribution >= 4 is 5.96 Å². The summed E-state index contributed by atoms with van der Waals surface area (Å²) in [5.41, 5.74) is 0. The molecule has 1 aliphatic heterocycles. The van der Waals surface area contributed by atoms with Crippen molar-refractivity contribution in [2.45, 2.75) is 52.2 Å². The Balaban J connectivity index is 1.71. The molecule has 6 heteroatoms. The van der Waals surface area contributed by atoms with Crippen molar-refractivity contribution in [3.05, 3.63) is 23.7 Å². The number of nitrogens with zero attached hydrogens (tertiary/aromatic N) is 1. The van der Waals surface area contributed by atoms with Gasteiger partial charge in [0.2, 0.25) is 0 Å². The zero-order valence-electron chi connectivity index (χ0n) is 15.1. The van der Waals surface area contributed by atoms with Crippen molar-refractivity contribution in [3.8, 4) is 0 Å². The van der Waals surface area contributed by atoms with Gasteiger partial charge in [0.05, 0.1) is 12.1 Å². The van der Waals surface area contributed by atoms with Crippen molar-refractivity contribution < 1.29 is 13.9 Å². The van der Waals surface area contributed by atoms with E-state index in [1.54, 1.807) is 0 Å². The largest absolute Gasteiger partial charge is 0.464 e. The minimum Gasteiger partial charge on any atom is -0.464 e. The molecule has 2 rings (SSSR count). The Morgan fingerprint density at radius 1 is 1.38 bits per heavy atom. The number of rotatable bonds is 8. The van der Waals surface area contributed by atoms with Crippen molar-refractivity contribution in [1.82, 2.24) is 10.6 Å². The maximum atomic E-state index is 5.87. The molecule has 2 N–H and O–H groups in total. The van der Waals surface area contributed by atoms with Crippen LogP contribution in [0.5, 0.6) is 0 Å². The third-order valence-electron chi connectivity index (χ3n) is 3.98. The lowest BCUT2D eigenvalue weighted by molar-refractivity contribution is -0.0318. The molecule has 0 amide bonds. The summed E-state index contributed by atoms with van der Waals surface area (Å²) >= 11 is 0. The Kier molecular flexibility index (Phi) is 8.12. The average Bonchev–Trinajstić information content (AvgIpc) is 3.02. The lowest BCUT2D eigenvalue weighted by Gasteiger charge is -2.22. The van der Waals surface area contributed by atoms with E-state index < -0.39 is 0 Å². The number of hydrogen-bond donors (Lipinski definition) is 2. The fourth-order valence-electron chi connectivity index (χ4n) is 2.63. The SMILES string of the molecule is CCNC(=NCCCOC1CCOCC1)NC(C)c1ccc(C)o1. The number of aliphatic imine (C=N–C) groups is 1. The zero-order chi connectivity index (χ0) is 17.2. The van der Waals surface area contributed by atoms with Gasteiger partial charge in [-0.3, -0.25) is 4.99 Å². The standard InChI is InChI=1S/C18H31N3O3/c1-4-19-18(21-15(3)17-7-6-14(2)24-17)20-10-5-11-23-16-8-12-22-13-9-16/h6-7,15-16H,4-5,8-13H2,1-3H3,(H2,19,20,21). The average molecular weight is 337 g/mol. The first-order valence-corrected chi connectivity index (χ1v) is 8.99. The lowest BCUT2D eigenvalue weighted by Crippen LogP contribution is -2.38. The molecule has 0 radical (unpaired) electrons. The summed E-state index contributed by atoms with van der Waals surface area (Å²) in [6.45, 7) is 10.0. The third kappa shape index (κ3) is 6.53. The molecule has 0 aliphatic carbocycles. The minimum absolute atomic E-state index is 0.0787. The fraction of sp³-hybridized carbons (Fsp3) is 0.722. The highest BCUT2D eigenvalue weighted by atomic mass is 16.5. The van der Waals surface area contributed by atoms with Crippen LogP contribution in [-0.2, 0) is 9.47 Å². The van der Waals surface area contributed by atoms with Crippen LogP contribution in [0, 0.1) is 6.92 Å². The summed E-state index contributed by atoms with van der Waals surface area (Å²) in [6.07, 6.45) is 3.29. The topological polar surface area (TPSA) is 68.0 Å². The molecule has 0 bridgehead atoms. The van der Waals surface area contributed by atoms with Crippen LogP contribution in [0.25, 0.3) is 0 Å². The zero-order valence-corrected chi connectivity index (χ0v) is 15.1. The number of nitrogens with one attached hydrogen (secondary N) is 2.